The lowest BCUT2D eigenvalue weighted by Gasteiger charge is -2.15. The van der Waals surface area contributed by atoms with Crippen molar-refractivity contribution in [1.29, 1.82) is 0 Å². The fraction of sp³-hybridized carbons (Fsp3) is 0.462. The maximum atomic E-state index is 12.1. The molecule has 20 heavy (non-hydrogen) atoms. The highest BCUT2D eigenvalue weighted by atomic mass is 79.9. The van der Waals surface area contributed by atoms with Gasteiger partial charge in [-0.1, -0.05) is 28.9 Å². The second kappa shape index (κ2) is 6.69. The lowest BCUT2D eigenvalue weighted by Crippen LogP contribution is -2.24. The van der Waals surface area contributed by atoms with Crippen LogP contribution >= 0.6 is 15.9 Å². The molecule has 5 nitrogen and oxygen atoms in total. The van der Waals surface area contributed by atoms with Crippen LogP contribution in [0.4, 0.5) is 5.69 Å². The number of carbonyl (C=O) groups excluding carboxylic acids is 1. The van der Waals surface area contributed by atoms with Gasteiger partial charge in [0.1, 0.15) is 0 Å². The molecule has 0 saturated carbocycles. The highest BCUT2D eigenvalue weighted by Crippen LogP contribution is 2.22. The molecule has 1 atom stereocenters. The number of nitrogens with zero attached hydrogens (tertiary/aromatic N) is 1. The van der Waals surface area contributed by atoms with Gasteiger partial charge < -0.3 is 5.32 Å². The topological polar surface area (TPSA) is 66.5 Å². The molecule has 0 radical (unpaired) electrons. The zero-order valence-electron chi connectivity index (χ0n) is 12.0. The van der Waals surface area contributed by atoms with E-state index in [1.807, 2.05) is 13.8 Å². The highest BCUT2D eigenvalue weighted by molar-refractivity contribution is 9.10. The van der Waals surface area contributed by atoms with Gasteiger partial charge in [-0.05, 0) is 31.0 Å². The van der Waals surface area contributed by atoms with Gasteiger partial charge in [-0.2, -0.15) is 0 Å². The largest absolute Gasteiger partial charge is 0.325 e. The minimum Gasteiger partial charge on any atom is -0.325 e. The molecule has 1 unspecified atom stereocenters. The van der Waals surface area contributed by atoms with Crippen LogP contribution in [0.25, 0.3) is 0 Å². The standard InChI is InChI=1S/C13H19BrN2O3S/c1-5-11(14)13(17)15-12-8-10(7-6-9(12)2)20(18,19)16(3)4/h6-8,11H,5H2,1-4H3,(H,15,17). The second-order valence-electron chi connectivity index (χ2n) is 4.63. The van der Waals surface area contributed by atoms with Crippen molar-refractivity contribution in [2.45, 2.75) is 30.0 Å². The molecular weight excluding hydrogens is 344 g/mol. The number of alkyl halides is 1. The summed E-state index contributed by atoms with van der Waals surface area (Å²) in [6, 6.07) is 4.70. The Hall–Kier alpha value is -0.920. The summed E-state index contributed by atoms with van der Waals surface area (Å²) in [5.41, 5.74) is 1.32. The number of aryl methyl sites for hydroxylation is 1. The third-order valence-electron chi connectivity index (χ3n) is 2.89. The number of nitrogens with one attached hydrogen (secondary N) is 1. The van der Waals surface area contributed by atoms with E-state index < -0.39 is 10.0 Å². The minimum absolute atomic E-state index is 0.158. The number of benzene rings is 1. The molecule has 0 aliphatic carbocycles. The molecule has 7 heteroatoms. The molecule has 0 saturated heterocycles. The molecule has 1 amide bonds. The van der Waals surface area contributed by atoms with E-state index in [4.69, 9.17) is 0 Å². The van der Waals surface area contributed by atoms with Gasteiger partial charge in [0.25, 0.3) is 0 Å². The lowest BCUT2D eigenvalue weighted by molar-refractivity contribution is -0.115. The average molecular weight is 363 g/mol. The van der Waals surface area contributed by atoms with Crippen LogP contribution in [0.3, 0.4) is 0 Å². The van der Waals surface area contributed by atoms with Crippen molar-refractivity contribution in [2.24, 2.45) is 0 Å². The van der Waals surface area contributed by atoms with E-state index in [0.717, 1.165) is 9.87 Å². The summed E-state index contributed by atoms with van der Waals surface area (Å²) in [5.74, 6) is -0.185. The van der Waals surface area contributed by atoms with Crippen LogP contribution in [0, 0.1) is 6.92 Å². The third-order valence-corrected chi connectivity index (χ3v) is 5.76. The summed E-state index contributed by atoms with van der Waals surface area (Å²) < 4.78 is 25.3. The Morgan fingerprint density at radius 1 is 1.40 bits per heavy atom. The third kappa shape index (κ3) is 3.80. The van der Waals surface area contributed by atoms with Gasteiger partial charge in [0.2, 0.25) is 15.9 Å². The van der Waals surface area contributed by atoms with Crippen LogP contribution in [0.2, 0.25) is 0 Å². The smallest absolute Gasteiger partial charge is 0.242 e. The Labute approximate surface area is 128 Å². The van der Waals surface area contributed by atoms with Crippen LogP contribution in [0.5, 0.6) is 0 Å². The van der Waals surface area contributed by atoms with Crippen LogP contribution in [-0.2, 0) is 14.8 Å². The number of sulfonamides is 1. The van der Waals surface area contributed by atoms with Gasteiger partial charge in [-0.3, -0.25) is 4.79 Å². The maximum Gasteiger partial charge on any atom is 0.242 e. The Bertz CT molecular complexity index is 600. The zero-order chi connectivity index (χ0) is 15.5. The number of rotatable bonds is 5. The number of carbonyl (C=O) groups is 1. The monoisotopic (exact) mass is 362 g/mol. The normalized spacial score (nSPS) is 13.3. The van der Waals surface area contributed by atoms with Crippen LogP contribution in [0.1, 0.15) is 18.9 Å². The molecule has 1 N–H and O–H groups in total. The molecule has 0 aliphatic heterocycles. The van der Waals surface area contributed by atoms with Crippen molar-refractivity contribution >= 4 is 37.5 Å². The second-order valence-corrected chi connectivity index (χ2v) is 7.89. The van der Waals surface area contributed by atoms with Crippen molar-refractivity contribution in [3.63, 3.8) is 0 Å². The van der Waals surface area contributed by atoms with E-state index in [1.54, 1.807) is 6.07 Å². The van der Waals surface area contributed by atoms with E-state index in [2.05, 4.69) is 21.2 Å². The molecule has 1 aromatic carbocycles. The molecule has 1 rings (SSSR count). The predicted molar refractivity (Wildman–Crippen MR) is 83.7 cm³/mol. The van der Waals surface area contributed by atoms with E-state index in [-0.39, 0.29) is 15.6 Å². The molecule has 0 fully saturated rings. The Morgan fingerprint density at radius 2 is 2.00 bits per heavy atom. The molecule has 0 aliphatic rings. The van der Waals surface area contributed by atoms with Crippen molar-refractivity contribution in [2.75, 3.05) is 19.4 Å². The summed E-state index contributed by atoms with van der Waals surface area (Å²) in [6.45, 7) is 3.70. The molecule has 112 valence electrons. The van der Waals surface area contributed by atoms with E-state index >= 15 is 0 Å². The number of hydrogen-bond donors (Lipinski definition) is 1. The van der Waals surface area contributed by atoms with Gasteiger partial charge in [-0.15, -0.1) is 0 Å². The maximum absolute atomic E-state index is 12.1. The molecule has 0 heterocycles. The first kappa shape index (κ1) is 17.1. The Morgan fingerprint density at radius 3 is 2.50 bits per heavy atom. The van der Waals surface area contributed by atoms with Gasteiger partial charge in [0.05, 0.1) is 9.72 Å². The van der Waals surface area contributed by atoms with Crippen LogP contribution in [-0.4, -0.2) is 37.6 Å². The summed E-state index contributed by atoms with van der Waals surface area (Å²) in [4.78, 5) is 11.7. The minimum atomic E-state index is -3.51. The first-order valence-corrected chi connectivity index (χ1v) is 8.53. The Kier molecular flexibility index (Phi) is 5.73. The van der Waals surface area contributed by atoms with Gasteiger partial charge in [0, 0.05) is 19.8 Å². The Balaban J connectivity index is 3.14. The number of halogens is 1. The predicted octanol–water partition coefficient (Wildman–Crippen LogP) is 2.36. The fourth-order valence-corrected chi connectivity index (χ4v) is 2.55. The average Bonchev–Trinajstić information content (AvgIpc) is 2.39. The van der Waals surface area contributed by atoms with Crippen LogP contribution < -0.4 is 5.32 Å². The van der Waals surface area contributed by atoms with Crippen molar-refractivity contribution < 1.29 is 13.2 Å². The highest BCUT2D eigenvalue weighted by Gasteiger charge is 2.19. The summed E-state index contributed by atoms with van der Waals surface area (Å²) >= 11 is 3.27. The SMILES string of the molecule is CCC(Br)C(=O)Nc1cc(S(=O)(=O)N(C)C)ccc1C. The van der Waals surface area contributed by atoms with Crippen molar-refractivity contribution in [1.82, 2.24) is 4.31 Å². The lowest BCUT2D eigenvalue weighted by atomic mass is 10.2. The number of hydrogen-bond acceptors (Lipinski definition) is 3. The van der Waals surface area contributed by atoms with Gasteiger partial charge in [-0.25, -0.2) is 12.7 Å². The van der Waals surface area contributed by atoms with Gasteiger partial charge in [0.15, 0.2) is 0 Å². The molecule has 1 aromatic rings. The van der Waals surface area contributed by atoms with Crippen LogP contribution in [0.15, 0.2) is 23.1 Å². The van der Waals surface area contributed by atoms with E-state index in [0.29, 0.717) is 12.1 Å². The van der Waals surface area contributed by atoms with E-state index in [9.17, 15) is 13.2 Å². The summed E-state index contributed by atoms with van der Waals surface area (Å²) in [7, 11) is -0.565. The number of anilines is 1. The first-order chi connectivity index (χ1) is 9.20. The quantitative estimate of drug-likeness (QED) is 0.817. The van der Waals surface area contributed by atoms with Crippen molar-refractivity contribution in [3.8, 4) is 0 Å². The van der Waals surface area contributed by atoms with Crippen molar-refractivity contribution in [3.05, 3.63) is 23.8 Å². The molecule has 0 spiro atoms. The molecule has 0 bridgehead atoms. The molecular formula is C13H19BrN2O3S. The first-order valence-electron chi connectivity index (χ1n) is 6.18. The molecule has 0 aromatic heterocycles. The number of amides is 1. The summed E-state index contributed by atoms with van der Waals surface area (Å²) in [6.07, 6.45) is 0.653. The summed E-state index contributed by atoms with van der Waals surface area (Å²) in [5, 5.41) is 2.74. The van der Waals surface area contributed by atoms with Gasteiger partial charge >= 0.3 is 0 Å². The fourth-order valence-electron chi connectivity index (χ4n) is 1.50. The zero-order valence-corrected chi connectivity index (χ0v) is 14.4. The van der Waals surface area contributed by atoms with E-state index in [1.165, 1.54) is 26.2 Å².